The van der Waals surface area contributed by atoms with Gasteiger partial charge in [0.25, 0.3) is 5.91 Å². The number of hydrogen-bond acceptors (Lipinski definition) is 4. The molecular weight excluding hydrogens is 228 g/mol. The Labute approximate surface area is 108 Å². The van der Waals surface area contributed by atoms with Gasteiger partial charge in [-0.1, -0.05) is 6.92 Å². The molecule has 0 aliphatic carbocycles. The van der Waals surface area contributed by atoms with Crippen molar-refractivity contribution >= 4 is 11.7 Å². The molecule has 100 valence electrons. The summed E-state index contributed by atoms with van der Waals surface area (Å²) in [6.07, 6.45) is 1.01. The number of aryl methyl sites for hydroxylation is 1. The third-order valence-corrected chi connectivity index (χ3v) is 2.12. The largest absolute Gasteiger partial charge is 0.370 e. The van der Waals surface area contributed by atoms with Gasteiger partial charge >= 0.3 is 0 Å². The Balaban J connectivity index is 2.88. The van der Waals surface area contributed by atoms with Gasteiger partial charge in [0.15, 0.2) is 0 Å². The van der Waals surface area contributed by atoms with Crippen molar-refractivity contribution in [2.75, 3.05) is 11.9 Å². The Hall–Kier alpha value is -1.65. The van der Waals surface area contributed by atoms with Crippen LogP contribution >= 0.6 is 0 Å². The summed E-state index contributed by atoms with van der Waals surface area (Å²) in [5.74, 6) is 1.12. The van der Waals surface area contributed by atoms with Gasteiger partial charge < -0.3 is 10.6 Å². The number of carbonyl (C=O) groups excluding carboxylic acids is 1. The van der Waals surface area contributed by atoms with Gasteiger partial charge in [-0.3, -0.25) is 4.79 Å². The molecule has 0 aliphatic heterocycles. The fourth-order valence-electron chi connectivity index (χ4n) is 1.43. The number of carbonyl (C=O) groups is 1. The molecule has 1 aromatic rings. The maximum absolute atomic E-state index is 12.0. The normalized spacial score (nSPS) is 11.2. The molecule has 0 bridgehead atoms. The van der Waals surface area contributed by atoms with E-state index in [9.17, 15) is 4.79 Å². The van der Waals surface area contributed by atoms with Gasteiger partial charge in [-0.25, -0.2) is 9.97 Å². The first-order chi connectivity index (χ1) is 8.31. The average molecular weight is 250 g/mol. The minimum atomic E-state index is -0.271. The molecule has 0 saturated heterocycles. The first kappa shape index (κ1) is 14.4. The third kappa shape index (κ3) is 4.69. The van der Waals surface area contributed by atoms with Crippen LogP contribution in [0.15, 0.2) is 6.07 Å². The summed E-state index contributed by atoms with van der Waals surface area (Å²) in [7, 11) is 0. The molecule has 0 aromatic carbocycles. The van der Waals surface area contributed by atoms with Crippen LogP contribution in [0.2, 0.25) is 0 Å². The number of nitrogens with one attached hydrogen (secondary N) is 2. The standard InChI is InChI=1S/C13H22N4O/c1-6-7-14-11-8-10(15-9(2)16-11)12(18)17-13(3,4)5/h8H,6-7H2,1-5H3,(H,17,18)(H,14,15,16). The summed E-state index contributed by atoms with van der Waals surface area (Å²) in [5, 5.41) is 6.05. The summed E-state index contributed by atoms with van der Waals surface area (Å²) in [5.41, 5.74) is 0.128. The molecule has 0 spiro atoms. The van der Waals surface area contributed by atoms with Crippen molar-refractivity contribution in [2.24, 2.45) is 0 Å². The topological polar surface area (TPSA) is 66.9 Å². The second kappa shape index (κ2) is 5.80. The monoisotopic (exact) mass is 250 g/mol. The van der Waals surface area contributed by atoms with Crippen LogP contribution in [-0.4, -0.2) is 28.0 Å². The zero-order valence-corrected chi connectivity index (χ0v) is 11.8. The predicted molar refractivity (Wildman–Crippen MR) is 72.8 cm³/mol. The van der Waals surface area contributed by atoms with Crippen molar-refractivity contribution in [3.8, 4) is 0 Å². The van der Waals surface area contributed by atoms with Gasteiger partial charge in [0.1, 0.15) is 17.3 Å². The third-order valence-electron chi connectivity index (χ3n) is 2.12. The molecule has 0 saturated carbocycles. The Morgan fingerprint density at radius 2 is 2.00 bits per heavy atom. The summed E-state index contributed by atoms with van der Waals surface area (Å²) < 4.78 is 0. The van der Waals surface area contributed by atoms with E-state index in [4.69, 9.17) is 0 Å². The summed E-state index contributed by atoms with van der Waals surface area (Å²) in [6, 6.07) is 1.68. The van der Waals surface area contributed by atoms with Crippen molar-refractivity contribution in [1.29, 1.82) is 0 Å². The first-order valence-corrected chi connectivity index (χ1v) is 6.24. The highest BCUT2D eigenvalue weighted by molar-refractivity contribution is 5.93. The van der Waals surface area contributed by atoms with E-state index >= 15 is 0 Å². The van der Waals surface area contributed by atoms with Crippen LogP contribution < -0.4 is 10.6 Å². The van der Waals surface area contributed by atoms with E-state index in [1.165, 1.54) is 0 Å². The fourth-order valence-corrected chi connectivity index (χ4v) is 1.43. The summed E-state index contributed by atoms with van der Waals surface area (Å²) >= 11 is 0. The number of aromatic nitrogens is 2. The van der Waals surface area contributed by atoms with Crippen molar-refractivity contribution in [3.05, 3.63) is 17.6 Å². The summed E-state index contributed by atoms with van der Waals surface area (Å²) in [6.45, 7) is 10.5. The van der Waals surface area contributed by atoms with E-state index in [0.29, 0.717) is 17.3 Å². The molecule has 0 fully saturated rings. The molecule has 5 nitrogen and oxygen atoms in total. The Morgan fingerprint density at radius 3 is 2.56 bits per heavy atom. The van der Waals surface area contributed by atoms with Crippen LogP contribution in [0.25, 0.3) is 0 Å². The lowest BCUT2D eigenvalue weighted by Crippen LogP contribution is -2.41. The molecule has 1 rings (SSSR count). The smallest absolute Gasteiger partial charge is 0.270 e. The minimum absolute atomic E-state index is 0.174. The van der Waals surface area contributed by atoms with Crippen LogP contribution in [0.5, 0.6) is 0 Å². The van der Waals surface area contributed by atoms with E-state index in [1.54, 1.807) is 13.0 Å². The van der Waals surface area contributed by atoms with Crippen LogP contribution in [0.1, 0.15) is 50.4 Å². The highest BCUT2D eigenvalue weighted by Gasteiger charge is 2.17. The fraction of sp³-hybridized carbons (Fsp3) is 0.615. The van der Waals surface area contributed by atoms with Crippen molar-refractivity contribution in [3.63, 3.8) is 0 Å². The number of anilines is 1. The Kier molecular flexibility index (Phi) is 4.64. The lowest BCUT2D eigenvalue weighted by molar-refractivity contribution is 0.0914. The van der Waals surface area contributed by atoms with E-state index < -0.39 is 0 Å². The lowest BCUT2D eigenvalue weighted by atomic mass is 10.1. The van der Waals surface area contributed by atoms with E-state index in [-0.39, 0.29) is 11.4 Å². The van der Waals surface area contributed by atoms with Crippen LogP contribution in [-0.2, 0) is 0 Å². The number of nitrogens with zero attached hydrogens (tertiary/aromatic N) is 2. The van der Waals surface area contributed by atoms with Gasteiger partial charge in [0.2, 0.25) is 0 Å². The van der Waals surface area contributed by atoms with Crippen LogP contribution in [0, 0.1) is 6.92 Å². The molecule has 5 heteroatoms. The number of hydrogen-bond donors (Lipinski definition) is 2. The Morgan fingerprint density at radius 1 is 1.33 bits per heavy atom. The van der Waals surface area contributed by atoms with E-state index in [0.717, 1.165) is 13.0 Å². The van der Waals surface area contributed by atoms with Crippen molar-refractivity contribution < 1.29 is 4.79 Å². The lowest BCUT2D eigenvalue weighted by Gasteiger charge is -2.20. The first-order valence-electron chi connectivity index (χ1n) is 6.24. The van der Waals surface area contributed by atoms with E-state index in [1.807, 2.05) is 20.8 Å². The van der Waals surface area contributed by atoms with E-state index in [2.05, 4.69) is 27.5 Å². The maximum Gasteiger partial charge on any atom is 0.270 e. The zero-order chi connectivity index (χ0) is 13.8. The SMILES string of the molecule is CCCNc1cc(C(=O)NC(C)(C)C)nc(C)n1. The van der Waals surface area contributed by atoms with Crippen LogP contribution in [0.4, 0.5) is 5.82 Å². The highest BCUT2D eigenvalue weighted by Crippen LogP contribution is 2.08. The molecule has 0 radical (unpaired) electrons. The average Bonchev–Trinajstić information content (AvgIpc) is 2.23. The van der Waals surface area contributed by atoms with Gasteiger partial charge in [-0.2, -0.15) is 0 Å². The quantitative estimate of drug-likeness (QED) is 0.859. The van der Waals surface area contributed by atoms with Gasteiger partial charge in [-0.15, -0.1) is 0 Å². The molecule has 0 aliphatic rings. The predicted octanol–water partition coefficient (Wildman–Crippen LogP) is 2.14. The van der Waals surface area contributed by atoms with Gasteiger partial charge in [0.05, 0.1) is 0 Å². The minimum Gasteiger partial charge on any atom is -0.370 e. The summed E-state index contributed by atoms with van der Waals surface area (Å²) in [4.78, 5) is 20.4. The molecule has 18 heavy (non-hydrogen) atoms. The molecule has 0 unspecified atom stereocenters. The van der Waals surface area contributed by atoms with Gasteiger partial charge in [-0.05, 0) is 34.1 Å². The molecule has 0 atom stereocenters. The zero-order valence-electron chi connectivity index (χ0n) is 11.8. The molecule has 2 N–H and O–H groups in total. The molecule has 1 amide bonds. The highest BCUT2D eigenvalue weighted by atomic mass is 16.2. The van der Waals surface area contributed by atoms with Crippen molar-refractivity contribution in [2.45, 2.75) is 46.6 Å². The Bertz CT molecular complexity index is 423. The molecular formula is C13H22N4O. The second-order valence-corrected chi connectivity index (χ2v) is 5.32. The second-order valence-electron chi connectivity index (χ2n) is 5.32. The van der Waals surface area contributed by atoms with Gasteiger partial charge in [0, 0.05) is 18.2 Å². The van der Waals surface area contributed by atoms with Crippen LogP contribution in [0.3, 0.4) is 0 Å². The molecule has 1 aromatic heterocycles. The number of rotatable bonds is 4. The maximum atomic E-state index is 12.0. The number of amides is 1. The van der Waals surface area contributed by atoms with Crippen molar-refractivity contribution in [1.82, 2.24) is 15.3 Å². The molecule has 1 heterocycles.